The first-order valence-electron chi connectivity index (χ1n) is 6.94. The number of likely N-dealkylation sites (tertiary alicyclic amines) is 1. The van der Waals surface area contributed by atoms with E-state index in [2.05, 4.69) is 5.32 Å². The van der Waals surface area contributed by atoms with Crippen LogP contribution in [0.2, 0.25) is 0 Å². The smallest absolute Gasteiger partial charge is 0.317 e. The van der Waals surface area contributed by atoms with Crippen molar-refractivity contribution in [1.82, 2.24) is 10.2 Å². The molecule has 2 atom stereocenters. The van der Waals surface area contributed by atoms with Crippen molar-refractivity contribution in [3.8, 4) is 0 Å². The van der Waals surface area contributed by atoms with Gasteiger partial charge in [-0.15, -0.1) is 0 Å². The topological polar surface area (TPSA) is 69.6 Å². The highest BCUT2D eigenvalue weighted by Crippen LogP contribution is 2.35. The van der Waals surface area contributed by atoms with Crippen LogP contribution in [-0.4, -0.2) is 52.6 Å². The minimum Gasteiger partial charge on any atom is -0.481 e. The molecule has 0 aliphatic carbocycles. The Morgan fingerprint density at radius 3 is 2.89 bits per heavy atom. The summed E-state index contributed by atoms with van der Waals surface area (Å²) in [5, 5.41) is 12.4. The molecule has 0 spiro atoms. The van der Waals surface area contributed by atoms with E-state index in [-0.39, 0.29) is 12.1 Å². The van der Waals surface area contributed by atoms with Crippen molar-refractivity contribution in [3.63, 3.8) is 0 Å². The lowest BCUT2D eigenvalue weighted by Gasteiger charge is -2.25. The van der Waals surface area contributed by atoms with Gasteiger partial charge in [0.25, 0.3) is 0 Å². The van der Waals surface area contributed by atoms with Gasteiger partial charge in [0.15, 0.2) is 0 Å². The van der Waals surface area contributed by atoms with Crippen molar-refractivity contribution < 1.29 is 14.7 Å². The highest BCUT2D eigenvalue weighted by atomic mass is 32.2. The van der Waals surface area contributed by atoms with E-state index in [0.29, 0.717) is 25.9 Å². The summed E-state index contributed by atoms with van der Waals surface area (Å²) in [7, 11) is 0. The lowest BCUT2D eigenvalue weighted by atomic mass is 9.83. The third-order valence-electron chi connectivity index (χ3n) is 4.08. The number of hydrogen-bond donors (Lipinski definition) is 2. The van der Waals surface area contributed by atoms with Crippen LogP contribution in [0.1, 0.15) is 32.6 Å². The maximum Gasteiger partial charge on any atom is 0.317 e. The third kappa shape index (κ3) is 3.16. The number of aliphatic carboxylic acids is 1. The van der Waals surface area contributed by atoms with Crippen molar-refractivity contribution in [2.24, 2.45) is 5.41 Å². The number of amides is 2. The predicted octanol–water partition coefficient (Wildman–Crippen LogP) is 1.78. The quantitative estimate of drug-likeness (QED) is 0.826. The van der Waals surface area contributed by atoms with Crippen molar-refractivity contribution >= 4 is 23.8 Å². The molecule has 2 rings (SSSR count). The summed E-state index contributed by atoms with van der Waals surface area (Å²) in [4.78, 5) is 25.3. The number of carbonyl (C=O) groups excluding carboxylic acids is 1. The zero-order valence-corrected chi connectivity index (χ0v) is 12.2. The normalized spacial score (nSPS) is 30.6. The van der Waals surface area contributed by atoms with Crippen LogP contribution in [0.5, 0.6) is 0 Å². The van der Waals surface area contributed by atoms with E-state index in [0.717, 1.165) is 24.3 Å². The fourth-order valence-electron chi connectivity index (χ4n) is 2.92. The Morgan fingerprint density at radius 1 is 1.53 bits per heavy atom. The van der Waals surface area contributed by atoms with Crippen LogP contribution in [0, 0.1) is 5.41 Å². The number of hydrogen-bond acceptors (Lipinski definition) is 3. The number of rotatable bonds is 4. The molecule has 19 heavy (non-hydrogen) atoms. The van der Waals surface area contributed by atoms with Crippen LogP contribution in [0.4, 0.5) is 4.79 Å². The SMILES string of the molecule is CCCC1(C(=O)O)CCN(C(=O)NC2CCSC2)C1. The summed E-state index contributed by atoms with van der Waals surface area (Å²) in [6.07, 6.45) is 3.07. The first-order chi connectivity index (χ1) is 9.07. The van der Waals surface area contributed by atoms with Gasteiger partial charge in [0.1, 0.15) is 0 Å². The average Bonchev–Trinajstić information content (AvgIpc) is 2.99. The van der Waals surface area contributed by atoms with Crippen molar-refractivity contribution in [3.05, 3.63) is 0 Å². The first-order valence-corrected chi connectivity index (χ1v) is 8.09. The summed E-state index contributed by atoms with van der Waals surface area (Å²) in [5.41, 5.74) is -0.726. The summed E-state index contributed by atoms with van der Waals surface area (Å²) in [6, 6.07) is 0.162. The van der Waals surface area contributed by atoms with E-state index in [1.165, 1.54) is 0 Å². The predicted molar refractivity (Wildman–Crippen MR) is 75.4 cm³/mol. The average molecular weight is 286 g/mol. The lowest BCUT2D eigenvalue weighted by molar-refractivity contribution is -0.148. The number of carboxylic acid groups (broad SMARTS) is 1. The third-order valence-corrected chi connectivity index (χ3v) is 5.24. The standard InChI is InChI=1S/C13H22N2O3S/c1-2-4-13(11(16)17)5-6-15(9-13)12(18)14-10-3-7-19-8-10/h10H,2-9H2,1H3,(H,14,18)(H,16,17). The van der Waals surface area contributed by atoms with Gasteiger partial charge in [0, 0.05) is 24.9 Å². The molecule has 108 valence electrons. The molecular formula is C13H22N2O3S. The molecule has 0 aromatic heterocycles. The van der Waals surface area contributed by atoms with Crippen LogP contribution in [-0.2, 0) is 4.79 Å². The van der Waals surface area contributed by atoms with E-state index in [9.17, 15) is 14.7 Å². The number of nitrogens with zero attached hydrogens (tertiary/aromatic N) is 1. The minimum atomic E-state index is -0.763. The molecule has 2 aliphatic rings. The van der Waals surface area contributed by atoms with Crippen LogP contribution in [0.25, 0.3) is 0 Å². The van der Waals surface area contributed by atoms with Gasteiger partial charge in [0.05, 0.1) is 5.41 Å². The Kier molecular flexibility index (Phi) is 4.60. The van der Waals surface area contributed by atoms with E-state index in [1.807, 2.05) is 18.7 Å². The molecule has 0 saturated carbocycles. The van der Waals surface area contributed by atoms with Gasteiger partial charge in [-0.3, -0.25) is 4.79 Å². The maximum atomic E-state index is 12.1. The Balaban J connectivity index is 1.92. The maximum absolute atomic E-state index is 12.1. The highest BCUT2D eigenvalue weighted by Gasteiger charge is 2.45. The molecule has 2 unspecified atom stereocenters. The van der Waals surface area contributed by atoms with E-state index in [4.69, 9.17) is 0 Å². The Morgan fingerprint density at radius 2 is 2.32 bits per heavy atom. The van der Waals surface area contributed by atoms with E-state index < -0.39 is 11.4 Å². The minimum absolute atomic E-state index is 0.0910. The Bertz CT molecular complexity index is 358. The second-order valence-corrected chi connectivity index (χ2v) is 6.67. The fraction of sp³-hybridized carbons (Fsp3) is 0.846. The molecule has 6 heteroatoms. The van der Waals surface area contributed by atoms with Crippen LogP contribution < -0.4 is 5.32 Å². The molecular weight excluding hydrogens is 264 g/mol. The number of urea groups is 1. The van der Waals surface area contributed by atoms with Crippen molar-refractivity contribution in [1.29, 1.82) is 0 Å². The zero-order valence-electron chi connectivity index (χ0n) is 11.4. The summed E-state index contributed by atoms with van der Waals surface area (Å²) < 4.78 is 0. The molecule has 0 radical (unpaired) electrons. The fourth-order valence-corrected chi connectivity index (χ4v) is 4.08. The van der Waals surface area contributed by atoms with Gasteiger partial charge in [0.2, 0.25) is 0 Å². The van der Waals surface area contributed by atoms with Crippen LogP contribution in [0.3, 0.4) is 0 Å². The lowest BCUT2D eigenvalue weighted by Crippen LogP contribution is -2.45. The molecule has 2 fully saturated rings. The zero-order chi connectivity index (χ0) is 13.9. The summed E-state index contributed by atoms with van der Waals surface area (Å²) >= 11 is 1.85. The highest BCUT2D eigenvalue weighted by molar-refractivity contribution is 7.99. The Hall–Kier alpha value is -0.910. The van der Waals surface area contributed by atoms with Crippen LogP contribution >= 0.6 is 11.8 Å². The Labute approximate surface area is 118 Å². The van der Waals surface area contributed by atoms with E-state index >= 15 is 0 Å². The molecule has 2 N–H and O–H groups in total. The molecule has 5 nitrogen and oxygen atoms in total. The molecule has 2 amide bonds. The number of nitrogens with one attached hydrogen (secondary N) is 1. The molecule has 2 heterocycles. The first kappa shape index (κ1) is 14.5. The van der Waals surface area contributed by atoms with Gasteiger partial charge >= 0.3 is 12.0 Å². The van der Waals surface area contributed by atoms with Gasteiger partial charge < -0.3 is 15.3 Å². The van der Waals surface area contributed by atoms with Crippen molar-refractivity contribution in [2.75, 3.05) is 24.6 Å². The molecule has 0 bridgehead atoms. The van der Waals surface area contributed by atoms with Gasteiger partial charge in [-0.1, -0.05) is 13.3 Å². The second-order valence-electron chi connectivity index (χ2n) is 5.52. The monoisotopic (exact) mass is 286 g/mol. The van der Waals surface area contributed by atoms with E-state index in [1.54, 1.807) is 4.90 Å². The van der Waals surface area contributed by atoms with Gasteiger partial charge in [-0.05, 0) is 25.0 Å². The summed E-state index contributed by atoms with van der Waals surface area (Å²) in [6.45, 7) is 2.89. The van der Waals surface area contributed by atoms with Crippen molar-refractivity contribution in [2.45, 2.75) is 38.6 Å². The molecule has 2 aliphatic heterocycles. The molecule has 0 aromatic rings. The van der Waals surface area contributed by atoms with Gasteiger partial charge in [-0.25, -0.2) is 4.79 Å². The second kappa shape index (κ2) is 6.03. The number of carbonyl (C=O) groups is 2. The molecule has 0 aromatic carbocycles. The molecule has 2 saturated heterocycles. The largest absolute Gasteiger partial charge is 0.481 e. The summed E-state index contributed by atoms with van der Waals surface area (Å²) in [5.74, 6) is 1.31. The number of carboxylic acids is 1. The van der Waals surface area contributed by atoms with Crippen LogP contribution in [0.15, 0.2) is 0 Å². The van der Waals surface area contributed by atoms with Gasteiger partial charge in [-0.2, -0.15) is 11.8 Å². The number of thioether (sulfide) groups is 1.